The van der Waals surface area contributed by atoms with Crippen LogP contribution in [-0.4, -0.2) is 26.4 Å². The zero-order chi connectivity index (χ0) is 17.6. The topological polar surface area (TPSA) is 66.5 Å². The van der Waals surface area contributed by atoms with Gasteiger partial charge in [-0.15, -0.1) is 0 Å². The lowest BCUT2D eigenvalue weighted by molar-refractivity contribution is 0.0951. The molecule has 1 aliphatic heterocycles. The number of benzene rings is 2. The van der Waals surface area contributed by atoms with Gasteiger partial charge in [-0.25, -0.2) is 8.42 Å². The Balaban J connectivity index is 1.70. The van der Waals surface area contributed by atoms with Crippen LogP contribution >= 0.6 is 0 Å². The number of amides is 1. The quantitative estimate of drug-likeness (QED) is 0.916. The molecule has 1 fully saturated rings. The van der Waals surface area contributed by atoms with Crippen molar-refractivity contribution in [1.82, 2.24) is 5.32 Å². The van der Waals surface area contributed by atoms with Crippen LogP contribution in [0.15, 0.2) is 53.4 Å². The predicted molar refractivity (Wildman–Crippen MR) is 96.2 cm³/mol. The third-order valence-corrected chi connectivity index (χ3v) is 6.63. The molecule has 1 amide bonds. The minimum atomic E-state index is -3.72. The second kappa shape index (κ2) is 5.88. The lowest BCUT2D eigenvalue weighted by atomic mass is 10.1. The van der Waals surface area contributed by atoms with E-state index in [9.17, 15) is 13.2 Å². The summed E-state index contributed by atoms with van der Waals surface area (Å²) in [6.45, 7) is 1.90. The second-order valence-corrected chi connectivity index (χ2v) is 8.57. The molecule has 130 valence electrons. The fraction of sp³-hybridized carbons (Fsp3) is 0.316. The Morgan fingerprint density at radius 2 is 1.88 bits per heavy atom. The van der Waals surface area contributed by atoms with Crippen molar-refractivity contribution in [2.75, 3.05) is 4.31 Å². The van der Waals surface area contributed by atoms with Gasteiger partial charge in [-0.1, -0.05) is 24.3 Å². The monoisotopic (exact) mass is 356 g/mol. The van der Waals surface area contributed by atoms with Crippen LogP contribution < -0.4 is 9.62 Å². The number of rotatable bonds is 4. The molecule has 2 aromatic rings. The zero-order valence-electron chi connectivity index (χ0n) is 14.0. The Morgan fingerprint density at radius 3 is 2.64 bits per heavy atom. The van der Waals surface area contributed by atoms with E-state index in [0.717, 1.165) is 24.1 Å². The summed E-state index contributed by atoms with van der Waals surface area (Å²) < 4.78 is 27.9. The predicted octanol–water partition coefficient (Wildman–Crippen LogP) is 2.72. The molecule has 1 saturated carbocycles. The van der Waals surface area contributed by atoms with Crippen LogP contribution in [0.1, 0.15) is 35.7 Å². The van der Waals surface area contributed by atoms with E-state index in [1.807, 2.05) is 31.2 Å². The van der Waals surface area contributed by atoms with Gasteiger partial charge in [0, 0.05) is 17.6 Å². The van der Waals surface area contributed by atoms with Crippen LogP contribution in [0.5, 0.6) is 0 Å². The van der Waals surface area contributed by atoms with Crippen molar-refractivity contribution in [1.29, 1.82) is 0 Å². The van der Waals surface area contributed by atoms with Crippen molar-refractivity contribution in [2.45, 2.75) is 43.2 Å². The molecule has 0 unspecified atom stereocenters. The molecule has 6 heteroatoms. The first kappa shape index (κ1) is 16.1. The summed E-state index contributed by atoms with van der Waals surface area (Å²) in [5.41, 5.74) is 2.14. The van der Waals surface area contributed by atoms with E-state index >= 15 is 0 Å². The van der Waals surface area contributed by atoms with Gasteiger partial charge in [0.1, 0.15) is 0 Å². The first-order valence-corrected chi connectivity index (χ1v) is 9.94. The van der Waals surface area contributed by atoms with Gasteiger partial charge in [-0.3, -0.25) is 9.10 Å². The number of anilines is 1. The highest BCUT2D eigenvalue weighted by atomic mass is 32.2. The normalized spacial score (nSPS) is 19.6. The van der Waals surface area contributed by atoms with Crippen molar-refractivity contribution in [2.24, 2.45) is 0 Å². The molecule has 0 radical (unpaired) electrons. The van der Waals surface area contributed by atoms with E-state index in [1.54, 1.807) is 18.2 Å². The van der Waals surface area contributed by atoms with Gasteiger partial charge >= 0.3 is 0 Å². The largest absolute Gasteiger partial charge is 0.349 e. The summed E-state index contributed by atoms with van der Waals surface area (Å²) in [7, 11) is -3.72. The minimum Gasteiger partial charge on any atom is -0.349 e. The second-order valence-electron chi connectivity index (χ2n) is 6.76. The third kappa shape index (κ3) is 2.91. The van der Waals surface area contributed by atoms with Crippen LogP contribution in [-0.2, 0) is 16.4 Å². The summed E-state index contributed by atoms with van der Waals surface area (Å²) in [5, 5.41) is 2.90. The summed E-state index contributed by atoms with van der Waals surface area (Å²) in [6, 6.07) is 14.0. The average Bonchev–Trinajstić information content (AvgIpc) is 3.33. The van der Waals surface area contributed by atoms with Gasteiger partial charge in [0.05, 0.1) is 10.6 Å². The van der Waals surface area contributed by atoms with E-state index in [-0.39, 0.29) is 22.9 Å². The minimum absolute atomic E-state index is 0.147. The molecule has 1 aliphatic carbocycles. The van der Waals surface area contributed by atoms with Crippen LogP contribution in [0.3, 0.4) is 0 Å². The van der Waals surface area contributed by atoms with E-state index in [0.29, 0.717) is 12.0 Å². The fourth-order valence-corrected chi connectivity index (χ4v) is 5.05. The molecule has 2 aliphatic rings. The Kier molecular flexibility index (Phi) is 3.80. The zero-order valence-corrected chi connectivity index (χ0v) is 14.8. The summed E-state index contributed by atoms with van der Waals surface area (Å²) in [5.74, 6) is -0.213. The molecule has 1 N–H and O–H groups in total. The smallest absolute Gasteiger partial charge is 0.264 e. The standard InChI is InChI=1S/C19H20N2O3S/c1-13-11-14-5-2-3-8-18(14)21(13)25(23,24)17-7-4-6-15(12-17)19(22)20-16-9-10-16/h2-8,12-13,16H,9-11H2,1H3,(H,20,22)/t13-/m0/s1. The molecular formula is C19H20N2O3S. The molecule has 0 bridgehead atoms. The van der Waals surface area contributed by atoms with Gasteiger partial charge < -0.3 is 5.32 Å². The number of carbonyl (C=O) groups excluding carboxylic acids is 1. The van der Waals surface area contributed by atoms with Crippen molar-refractivity contribution in [3.63, 3.8) is 0 Å². The van der Waals surface area contributed by atoms with Gasteiger partial charge in [-0.05, 0) is 56.0 Å². The third-order valence-electron chi connectivity index (χ3n) is 4.71. The van der Waals surface area contributed by atoms with E-state index in [1.165, 1.54) is 10.4 Å². The molecule has 0 aromatic heterocycles. The first-order chi connectivity index (χ1) is 12.0. The number of hydrogen-bond donors (Lipinski definition) is 1. The van der Waals surface area contributed by atoms with Gasteiger partial charge in [0.25, 0.3) is 15.9 Å². The van der Waals surface area contributed by atoms with E-state index in [2.05, 4.69) is 5.32 Å². The number of fused-ring (bicyclic) bond motifs is 1. The van der Waals surface area contributed by atoms with Crippen LogP contribution in [0.2, 0.25) is 0 Å². The molecule has 25 heavy (non-hydrogen) atoms. The van der Waals surface area contributed by atoms with Crippen molar-refractivity contribution in [3.05, 3.63) is 59.7 Å². The lowest BCUT2D eigenvalue weighted by Crippen LogP contribution is -2.36. The first-order valence-electron chi connectivity index (χ1n) is 8.50. The summed E-state index contributed by atoms with van der Waals surface area (Å²) in [6.07, 6.45) is 2.68. The molecule has 4 rings (SSSR count). The average molecular weight is 356 g/mol. The summed E-state index contributed by atoms with van der Waals surface area (Å²) >= 11 is 0. The van der Waals surface area contributed by atoms with Crippen LogP contribution in [0, 0.1) is 0 Å². The Hall–Kier alpha value is -2.34. The maximum absolute atomic E-state index is 13.2. The van der Waals surface area contributed by atoms with Crippen molar-refractivity contribution >= 4 is 21.6 Å². The highest BCUT2D eigenvalue weighted by molar-refractivity contribution is 7.92. The molecule has 0 spiro atoms. The number of sulfonamides is 1. The maximum atomic E-state index is 13.2. The number of hydrogen-bond acceptors (Lipinski definition) is 3. The SMILES string of the molecule is C[C@H]1Cc2ccccc2N1S(=O)(=O)c1cccc(C(=O)NC2CC2)c1. The molecular weight excluding hydrogens is 336 g/mol. The molecule has 1 heterocycles. The lowest BCUT2D eigenvalue weighted by Gasteiger charge is -2.24. The molecule has 0 saturated heterocycles. The number of carbonyl (C=O) groups is 1. The van der Waals surface area contributed by atoms with E-state index in [4.69, 9.17) is 0 Å². The van der Waals surface area contributed by atoms with Crippen LogP contribution in [0.4, 0.5) is 5.69 Å². The molecule has 5 nitrogen and oxygen atoms in total. The Morgan fingerprint density at radius 1 is 1.12 bits per heavy atom. The fourth-order valence-electron chi connectivity index (χ4n) is 3.31. The Bertz CT molecular complexity index is 935. The van der Waals surface area contributed by atoms with Crippen molar-refractivity contribution in [3.8, 4) is 0 Å². The van der Waals surface area contributed by atoms with Crippen molar-refractivity contribution < 1.29 is 13.2 Å². The van der Waals surface area contributed by atoms with Gasteiger partial charge in [0.15, 0.2) is 0 Å². The van der Waals surface area contributed by atoms with Gasteiger partial charge in [0.2, 0.25) is 0 Å². The van der Waals surface area contributed by atoms with E-state index < -0.39 is 10.0 Å². The highest BCUT2D eigenvalue weighted by Gasteiger charge is 2.36. The highest BCUT2D eigenvalue weighted by Crippen LogP contribution is 2.36. The molecule has 1 atom stereocenters. The number of para-hydroxylation sites is 1. The maximum Gasteiger partial charge on any atom is 0.264 e. The molecule has 2 aromatic carbocycles. The number of nitrogens with zero attached hydrogens (tertiary/aromatic N) is 1. The summed E-state index contributed by atoms with van der Waals surface area (Å²) in [4.78, 5) is 12.4. The van der Waals surface area contributed by atoms with Gasteiger partial charge in [-0.2, -0.15) is 0 Å². The number of nitrogens with one attached hydrogen (secondary N) is 1. The Labute approximate surface area is 147 Å². The van der Waals surface area contributed by atoms with Crippen LogP contribution in [0.25, 0.3) is 0 Å².